The van der Waals surface area contributed by atoms with Crippen LogP contribution in [-0.2, 0) is 6.54 Å². The fraction of sp³-hybridized carbons (Fsp3) is 0.600. The van der Waals surface area contributed by atoms with E-state index < -0.39 is 0 Å². The Morgan fingerprint density at radius 1 is 1.21 bits per heavy atom. The van der Waals surface area contributed by atoms with E-state index in [-0.39, 0.29) is 6.79 Å². The summed E-state index contributed by atoms with van der Waals surface area (Å²) < 4.78 is 10.7. The second kappa shape index (κ2) is 4.03. The van der Waals surface area contributed by atoms with Crippen molar-refractivity contribution in [3.05, 3.63) is 22.7 Å². The molecule has 0 bridgehead atoms. The lowest BCUT2D eigenvalue weighted by Gasteiger charge is -2.08. The van der Waals surface area contributed by atoms with Gasteiger partial charge in [-0.05, 0) is 28.5 Å². The van der Waals surface area contributed by atoms with Gasteiger partial charge in [-0.2, -0.15) is 0 Å². The van der Waals surface area contributed by atoms with Gasteiger partial charge in [0.1, 0.15) is 0 Å². The fourth-order valence-electron chi connectivity index (χ4n) is 3.05. The lowest BCUT2D eigenvalue weighted by Crippen LogP contribution is -2.21. The van der Waals surface area contributed by atoms with E-state index in [0.717, 1.165) is 17.9 Å². The highest BCUT2D eigenvalue weighted by Gasteiger charge is 2.64. The normalized spacial score (nSPS) is 22.6. The third kappa shape index (κ3) is 1.91. The number of fused-ring (bicyclic) bond motifs is 1. The molecule has 19 heavy (non-hydrogen) atoms. The molecule has 3 rings (SSSR count). The first-order valence-corrected chi connectivity index (χ1v) is 7.03. The van der Waals surface area contributed by atoms with Crippen molar-refractivity contribution in [1.29, 1.82) is 0 Å². The van der Waals surface area contributed by atoms with E-state index in [1.165, 1.54) is 0 Å². The molecular weight excluding hydrogens is 262 g/mol. The molecule has 104 valence electrons. The highest BCUT2D eigenvalue weighted by atomic mass is 35.5. The molecule has 1 N–H and O–H groups in total. The Balaban J connectivity index is 1.71. The van der Waals surface area contributed by atoms with Crippen molar-refractivity contribution >= 4 is 11.6 Å². The average molecular weight is 282 g/mol. The molecule has 1 aromatic rings. The third-order valence-electron chi connectivity index (χ3n) is 5.02. The van der Waals surface area contributed by atoms with Crippen molar-refractivity contribution < 1.29 is 9.47 Å². The first kappa shape index (κ1) is 13.1. The van der Waals surface area contributed by atoms with Crippen molar-refractivity contribution in [3.63, 3.8) is 0 Å². The second-order valence-electron chi connectivity index (χ2n) is 6.57. The number of hydrogen-bond acceptors (Lipinski definition) is 3. The molecule has 0 radical (unpaired) electrons. The summed E-state index contributed by atoms with van der Waals surface area (Å²) in [6.45, 7) is 10.3. The first-order chi connectivity index (χ1) is 8.84. The van der Waals surface area contributed by atoms with E-state index in [0.29, 0.717) is 27.6 Å². The fourth-order valence-corrected chi connectivity index (χ4v) is 3.34. The predicted octanol–water partition coefficient (Wildman–Crippen LogP) is 3.59. The van der Waals surface area contributed by atoms with Crippen molar-refractivity contribution in [2.24, 2.45) is 10.8 Å². The van der Waals surface area contributed by atoms with Crippen LogP contribution in [0.25, 0.3) is 0 Å². The summed E-state index contributed by atoms with van der Waals surface area (Å²) in [6.07, 6.45) is 0. The first-order valence-electron chi connectivity index (χ1n) is 6.65. The van der Waals surface area contributed by atoms with Crippen molar-refractivity contribution in [3.8, 4) is 11.5 Å². The van der Waals surface area contributed by atoms with E-state index in [1.54, 1.807) is 0 Å². The number of hydrogen-bond donors (Lipinski definition) is 1. The molecule has 0 amide bonds. The Morgan fingerprint density at radius 2 is 1.89 bits per heavy atom. The highest BCUT2D eigenvalue weighted by molar-refractivity contribution is 6.32. The summed E-state index contributed by atoms with van der Waals surface area (Å²) in [7, 11) is 0. The van der Waals surface area contributed by atoms with Crippen molar-refractivity contribution in [2.45, 2.75) is 40.3 Å². The summed E-state index contributed by atoms with van der Waals surface area (Å²) >= 11 is 6.19. The van der Waals surface area contributed by atoms with Crippen LogP contribution in [0.5, 0.6) is 11.5 Å². The van der Waals surface area contributed by atoms with Crippen LogP contribution in [-0.4, -0.2) is 12.8 Å². The van der Waals surface area contributed by atoms with Crippen LogP contribution in [0.2, 0.25) is 5.02 Å². The number of benzene rings is 1. The molecule has 3 nitrogen and oxygen atoms in total. The van der Waals surface area contributed by atoms with Gasteiger partial charge in [-0.25, -0.2) is 0 Å². The lowest BCUT2D eigenvalue weighted by molar-refractivity contribution is 0.174. The van der Waals surface area contributed by atoms with Gasteiger partial charge in [0.2, 0.25) is 6.79 Å². The van der Waals surface area contributed by atoms with Crippen LogP contribution in [0, 0.1) is 10.8 Å². The van der Waals surface area contributed by atoms with Gasteiger partial charge in [0.05, 0.1) is 5.02 Å². The number of rotatable bonds is 3. The van der Waals surface area contributed by atoms with E-state index in [4.69, 9.17) is 21.1 Å². The maximum atomic E-state index is 6.19. The van der Waals surface area contributed by atoms with E-state index in [2.05, 4.69) is 33.0 Å². The zero-order valence-corrected chi connectivity index (χ0v) is 12.6. The largest absolute Gasteiger partial charge is 0.454 e. The summed E-state index contributed by atoms with van der Waals surface area (Å²) in [5.74, 6) is 1.41. The van der Waals surface area contributed by atoms with Gasteiger partial charge in [-0.3, -0.25) is 0 Å². The molecule has 1 aliphatic heterocycles. The minimum absolute atomic E-state index is 0.259. The molecule has 0 aromatic heterocycles. The molecule has 1 aliphatic carbocycles. The van der Waals surface area contributed by atoms with Crippen LogP contribution in [0.4, 0.5) is 0 Å². The SMILES string of the molecule is CC1(C)C(NCc2cc(Cl)c3c(c2)OCO3)C1(C)C. The van der Waals surface area contributed by atoms with E-state index in [1.807, 2.05) is 12.1 Å². The molecule has 0 unspecified atom stereocenters. The molecule has 0 spiro atoms. The molecular formula is C15H20ClNO2. The van der Waals surface area contributed by atoms with E-state index >= 15 is 0 Å². The standard InChI is InChI=1S/C15H20ClNO2/c1-14(2)13(15(14,3)4)17-7-9-5-10(16)12-11(6-9)18-8-19-12/h5-6,13,17H,7-8H2,1-4H3. The molecule has 1 fully saturated rings. The smallest absolute Gasteiger partial charge is 0.231 e. The number of ether oxygens (including phenoxy) is 2. The Kier molecular flexibility index (Phi) is 2.77. The van der Waals surface area contributed by atoms with Crippen molar-refractivity contribution in [2.75, 3.05) is 6.79 Å². The van der Waals surface area contributed by atoms with Gasteiger partial charge < -0.3 is 14.8 Å². The Hall–Kier alpha value is -0.930. The quantitative estimate of drug-likeness (QED) is 0.918. The number of halogens is 1. The molecule has 1 saturated carbocycles. The molecule has 0 atom stereocenters. The summed E-state index contributed by atoms with van der Waals surface area (Å²) in [4.78, 5) is 0. The summed E-state index contributed by atoms with van der Waals surface area (Å²) in [6, 6.07) is 4.48. The Labute approximate surface area is 119 Å². The topological polar surface area (TPSA) is 30.5 Å². The zero-order valence-electron chi connectivity index (χ0n) is 11.8. The Bertz CT molecular complexity index is 511. The molecule has 0 saturated heterocycles. The monoisotopic (exact) mass is 281 g/mol. The van der Waals surface area contributed by atoms with Crippen molar-refractivity contribution in [1.82, 2.24) is 5.32 Å². The Morgan fingerprint density at radius 3 is 2.53 bits per heavy atom. The molecule has 1 heterocycles. The second-order valence-corrected chi connectivity index (χ2v) is 6.98. The maximum absolute atomic E-state index is 6.19. The predicted molar refractivity (Wildman–Crippen MR) is 75.8 cm³/mol. The van der Waals surface area contributed by atoms with Gasteiger partial charge >= 0.3 is 0 Å². The molecule has 4 heteroatoms. The molecule has 2 aliphatic rings. The van der Waals surface area contributed by atoms with Gasteiger partial charge in [-0.1, -0.05) is 39.3 Å². The van der Waals surface area contributed by atoms with Crippen LogP contribution in [0.3, 0.4) is 0 Å². The van der Waals surface area contributed by atoms with Gasteiger partial charge in [0.15, 0.2) is 11.5 Å². The van der Waals surface area contributed by atoms with Crippen LogP contribution < -0.4 is 14.8 Å². The lowest BCUT2D eigenvalue weighted by atomic mass is 10.0. The summed E-state index contributed by atoms with van der Waals surface area (Å²) in [5.41, 5.74) is 1.81. The average Bonchev–Trinajstić information content (AvgIpc) is 2.71. The highest BCUT2D eigenvalue weighted by Crippen LogP contribution is 2.62. The maximum Gasteiger partial charge on any atom is 0.231 e. The third-order valence-corrected chi connectivity index (χ3v) is 5.30. The minimum Gasteiger partial charge on any atom is -0.454 e. The van der Waals surface area contributed by atoms with Gasteiger partial charge in [-0.15, -0.1) is 0 Å². The van der Waals surface area contributed by atoms with Gasteiger partial charge in [0, 0.05) is 12.6 Å². The minimum atomic E-state index is 0.259. The van der Waals surface area contributed by atoms with E-state index in [9.17, 15) is 0 Å². The molecule has 1 aromatic carbocycles. The number of nitrogens with one attached hydrogen (secondary N) is 1. The zero-order chi connectivity index (χ0) is 13.8. The van der Waals surface area contributed by atoms with Gasteiger partial charge in [0.25, 0.3) is 0 Å². The van der Waals surface area contributed by atoms with Crippen LogP contribution >= 0.6 is 11.6 Å². The van der Waals surface area contributed by atoms with Crippen LogP contribution in [0.1, 0.15) is 33.3 Å². The van der Waals surface area contributed by atoms with Crippen LogP contribution in [0.15, 0.2) is 12.1 Å². The summed E-state index contributed by atoms with van der Waals surface area (Å²) in [5, 5.41) is 4.24.